The lowest BCUT2D eigenvalue weighted by molar-refractivity contribution is -0.384. The summed E-state index contributed by atoms with van der Waals surface area (Å²) in [4.78, 5) is 47.6. The van der Waals surface area contributed by atoms with E-state index < -0.39 is 34.9 Å². The normalized spacial score (nSPS) is 12.5. The van der Waals surface area contributed by atoms with Crippen molar-refractivity contribution in [2.45, 2.75) is 32.0 Å². The fourth-order valence-electron chi connectivity index (χ4n) is 2.56. The van der Waals surface area contributed by atoms with E-state index in [2.05, 4.69) is 10.6 Å². The lowest BCUT2D eigenvalue weighted by Crippen LogP contribution is -2.45. The Morgan fingerprint density at radius 2 is 2.06 bits per heavy atom. The van der Waals surface area contributed by atoms with E-state index in [-0.39, 0.29) is 29.2 Å². The number of esters is 1. The molecule has 2 N–H and O–H groups in total. The number of halogens is 1. The molecule has 2 rings (SSSR count). The molecule has 1 aromatic carbocycles. The molecule has 0 radical (unpaired) electrons. The number of nitrogens with one attached hydrogen (secondary N) is 2. The number of nitro benzene ring substituents is 1. The molecule has 1 heterocycles. The third kappa shape index (κ3) is 7.27. The van der Waals surface area contributed by atoms with E-state index >= 15 is 0 Å². The third-order valence-electron chi connectivity index (χ3n) is 4.29. The Morgan fingerprint density at radius 3 is 2.66 bits per heavy atom. The molecule has 0 bridgehead atoms. The predicted octanol–water partition coefficient (Wildman–Crippen LogP) is 2.94. The van der Waals surface area contributed by atoms with Crippen LogP contribution in [0.4, 0.5) is 5.69 Å². The maximum Gasteiger partial charge on any atom is 0.329 e. The molecule has 0 fully saturated rings. The molecule has 0 aliphatic heterocycles. The van der Waals surface area contributed by atoms with Crippen LogP contribution in [0.2, 0.25) is 5.02 Å². The van der Waals surface area contributed by atoms with Gasteiger partial charge in [-0.05, 0) is 43.6 Å². The third-order valence-corrected chi connectivity index (χ3v) is 5.24. The molecule has 1 aromatic heterocycles. The molecule has 0 aliphatic carbocycles. The van der Waals surface area contributed by atoms with E-state index in [1.165, 1.54) is 31.0 Å². The largest absolute Gasteiger partial charge is 0.467 e. The zero-order chi connectivity index (χ0) is 23.7. The van der Waals surface area contributed by atoms with E-state index in [1.807, 2.05) is 6.26 Å². The van der Waals surface area contributed by atoms with Gasteiger partial charge in [-0.25, -0.2) is 4.79 Å². The molecule has 0 saturated heterocycles. The number of hydrogen-bond donors (Lipinski definition) is 2. The zero-order valence-corrected chi connectivity index (χ0v) is 18.9. The number of carbonyl (C=O) groups excluding carboxylic acids is 3. The summed E-state index contributed by atoms with van der Waals surface area (Å²) >= 11 is 7.45. The van der Waals surface area contributed by atoms with Crippen LogP contribution in [0.15, 0.2) is 41.0 Å². The van der Waals surface area contributed by atoms with Gasteiger partial charge in [-0.1, -0.05) is 11.6 Å². The molecule has 172 valence electrons. The van der Waals surface area contributed by atoms with Crippen molar-refractivity contribution in [3.8, 4) is 0 Å². The summed E-state index contributed by atoms with van der Waals surface area (Å²) < 4.78 is 10.4. The van der Waals surface area contributed by atoms with Crippen molar-refractivity contribution in [3.05, 3.63) is 63.1 Å². The van der Waals surface area contributed by atoms with Gasteiger partial charge in [0, 0.05) is 12.1 Å². The smallest absolute Gasteiger partial charge is 0.329 e. The Morgan fingerprint density at radius 1 is 1.31 bits per heavy atom. The molecule has 12 heteroatoms. The van der Waals surface area contributed by atoms with Gasteiger partial charge in [-0.2, -0.15) is 11.8 Å². The fraction of sp³-hybridized carbons (Fsp3) is 0.350. The molecular weight excluding hydrogens is 462 g/mol. The zero-order valence-electron chi connectivity index (χ0n) is 17.3. The van der Waals surface area contributed by atoms with Crippen LogP contribution in [0, 0.1) is 10.1 Å². The van der Waals surface area contributed by atoms with Crippen molar-refractivity contribution in [1.82, 2.24) is 10.6 Å². The van der Waals surface area contributed by atoms with Crippen molar-refractivity contribution in [3.63, 3.8) is 0 Å². The standard InChI is InChI=1S/C20H22ClN3O7S/c1-12(18(25)22-11-14-4-3-8-30-14)31-20(27)17(7-9-32-2)23-19(26)15-6-5-13(24(28)29)10-16(15)21/h3-6,8,10,12,17H,7,9,11H2,1-2H3,(H,22,25)(H,23,26)/t12-,17+/m0/s1. The Labute approximate surface area is 193 Å². The van der Waals surface area contributed by atoms with Gasteiger partial charge in [0.15, 0.2) is 6.10 Å². The van der Waals surface area contributed by atoms with E-state index in [1.54, 1.807) is 12.1 Å². The van der Waals surface area contributed by atoms with Crippen LogP contribution in [0.5, 0.6) is 0 Å². The first-order valence-corrected chi connectivity index (χ1v) is 11.2. The molecule has 0 saturated carbocycles. The summed E-state index contributed by atoms with van der Waals surface area (Å²) in [5, 5.41) is 15.8. The molecule has 2 atom stereocenters. The predicted molar refractivity (Wildman–Crippen MR) is 118 cm³/mol. The Hall–Kier alpha value is -3.05. The van der Waals surface area contributed by atoms with Gasteiger partial charge in [-0.3, -0.25) is 19.7 Å². The van der Waals surface area contributed by atoms with Crippen LogP contribution < -0.4 is 10.6 Å². The highest BCUT2D eigenvalue weighted by atomic mass is 35.5. The van der Waals surface area contributed by atoms with Gasteiger partial charge in [0.25, 0.3) is 17.5 Å². The van der Waals surface area contributed by atoms with Gasteiger partial charge in [0.1, 0.15) is 11.8 Å². The average Bonchev–Trinajstić information content (AvgIpc) is 3.28. The van der Waals surface area contributed by atoms with E-state index in [0.717, 1.165) is 12.1 Å². The number of thioether (sulfide) groups is 1. The summed E-state index contributed by atoms with van der Waals surface area (Å²) in [7, 11) is 0. The van der Waals surface area contributed by atoms with E-state index in [9.17, 15) is 24.5 Å². The number of hydrogen-bond acceptors (Lipinski definition) is 8. The molecular formula is C20H22ClN3O7S. The highest BCUT2D eigenvalue weighted by molar-refractivity contribution is 7.98. The minimum Gasteiger partial charge on any atom is -0.467 e. The number of nitrogens with zero attached hydrogens (tertiary/aromatic N) is 1. The summed E-state index contributed by atoms with van der Waals surface area (Å²) in [6.45, 7) is 1.55. The number of benzene rings is 1. The lowest BCUT2D eigenvalue weighted by Gasteiger charge is -2.20. The molecule has 32 heavy (non-hydrogen) atoms. The molecule has 0 spiro atoms. The molecule has 2 amide bonds. The van der Waals surface area contributed by atoms with Gasteiger partial charge >= 0.3 is 5.97 Å². The van der Waals surface area contributed by atoms with Gasteiger partial charge in [0.2, 0.25) is 0 Å². The summed E-state index contributed by atoms with van der Waals surface area (Å²) in [5.41, 5.74) is -0.289. The number of carbonyl (C=O) groups is 3. The Bertz CT molecular complexity index is 968. The number of amides is 2. The first kappa shape index (κ1) is 25.2. The SMILES string of the molecule is CSCC[C@@H](NC(=O)c1ccc([N+](=O)[O-])cc1Cl)C(=O)O[C@@H](C)C(=O)NCc1ccco1. The topological polar surface area (TPSA) is 141 Å². The quantitative estimate of drug-likeness (QED) is 0.282. The van der Waals surface area contributed by atoms with Crippen LogP contribution in [0.1, 0.15) is 29.5 Å². The number of rotatable bonds is 11. The van der Waals surface area contributed by atoms with Crippen LogP contribution in [0.25, 0.3) is 0 Å². The van der Waals surface area contributed by atoms with Crippen molar-refractivity contribution in [2.24, 2.45) is 0 Å². The first-order valence-electron chi connectivity index (χ1n) is 9.47. The highest BCUT2D eigenvalue weighted by Gasteiger charge is 2.27. The second-order valence-corrected chi connectivity index (χ2v) is 8.00. The van der Waals surface area contributed by atoms with Crippen LogP contribution in [-0.2, 0) is 20.9 Å². The summed E-state index contributed by atoms with van der Waals surface area (Å²) in [5.74, 6) is -0.924. The van der Waals surface area contributed by atoms with Crippen molar-refractivity contribution < 1.29 is 28.5 Å². The monoisotopic (exact) mass is 483 g/mol. The summed E-state index contributed by atoms with van der Waals surface area (Å²) in [6, 6.07) is 5.73. The van der Waals surface area contributed by atoms with E-state index in [4.69, 9.17) is 20.8 Å². The van der Waals surface area contributed by atoms with Crippen LogP contribution >= 0.6 is 23.4 Å². The molecule has 0 aliphatic rings. The minimum absolute atomic E-state index is 0.0246. The van der Waals surface area contributed by atoms with Crippen molar-refractivity contribution in [1.29, 1.82) is 0 Å². The molecule has 0 unspecified atom stereocenters. The van der Waals surface area contributed by atoms with Gasteiger partial charge < -0.3 is 19.8 Å². The number of nitro groups is 1. The number of ether oxygens (including phenoxy) is 1. The van der Waals surface area contributed by atoms with Gasteiger partial charge in [0.05, 0.1) is 28.3 Å². The second kappa shape index (κ2) is 12.1. The maximum atomic E-state index is 12.6. The fourth-order valence-corrected chi connectivity index (χ4v) is 3.30. The molecule has 10 nitrogen and oxygen atoms in total. The second-order valence-electron chi connectivity index (χ2n) is 6.61. The lowest BCUT2D eigenvalue weighted by atomic mass is 10.1. The summed E-state index contributed by atoms with van der Waals surface area (Å²) in [6.07, 6.45) is 2.45. The Kier molecular flexibility index (Phi) is 9.54. The minimum atomic E-state index is -1.10. The average molecular weight is 484 g/mol. The maximum absolute atomic E-state index is 12.6. The van der Waals surface area contributed by atoms with E-state index in [0.29, 0.717) is 11.5 Å². The Balaban J connectivity index is 2.01. The number of non-ortho nitro benzene ring substituents is 1. The van der Waals surface area contributed by atoms with Crippen LogP contribution in [0.3, 0.4) is 0 Å². The van der Waals surface area contributed by atoms with Gasteiger partial charge in [-0.15, -0.1) is 0 Å². The molecule has 2 aromatic rings. The first-order chi connectivity index (χ1) is 15.2. The van der Waals surface area contributed by atoms with Crippen molar-refractivity contribution >= 4 is 46.8 Å². The van der Waals surface area contributed by atoms with Crippen LogP contribution in [-0.4, -0.2) is 46.9 Å². The van der Waals surface area contributed by atoms with Crippen molar-refractivity contribution in [2.75, 3.05) is 12.0 Å². The number of furan rings is 1. The highest BCUT2D eigenvalue weighted by Crippen LogP contribution is 2.22.